The summed E-state index contributed by atoms with van der Waals surface area (Å²) in [4.78, 5) is 13.4. The lowest BCUT2D eigenvalue weighted by atomic mass is 9.85. The molecule has 3 N–H and O–H groups in total. The van der Waals surface area contributed by atoms with Crippen molar-refractivity contribution in [3.63, 3.8) is 0 Å². The zero-order valence-corrected chi connectivity index (χ0v) is 8.54. The molecule has 0 aromatic carbocycles. The second kappa shape index (κ2) is 4.17. The van der Waals surface area contributed by atoms with Crippen LogP contribution < -0.4 is 11.1 Å². The van der Waals surface area contributed by atoms with Gasteiger partial charge in [-0.25, -0.2) is 4.79 Å². The van der Waals surface area contributed by atoms with Crippen LogP contribution in [-0.2, 0) is 0 Å². The van der Waals surface area contributed by atoms with E-state index in [2.05, 4.69) is 5.32 Å². The van der Waals surface area contributed by atoms with Crippen LogP contribution in [0, 0.1) is 5.92 Å². The SMILES string of the molecule is NCC1CCC(N2CCNC2=O)CC1. The van der Waals surface area contributed by atoms with Gasteiger partial charge in [0.1, 0.15) is 0 Å². The number of rotatable bonds is 2. The summed E-state index contributed by atoms with van der Waals surface area (Å²) in [5, 5.41) is 2.85. The van der Waals surface area contributed by atoms with Gasteiger partial charge in [0.05, 0.1) is 0 Å². The van der Waals surface area contributed by atoms with Crippen molar-refractivity contribution in [3.05, 3.63) is 0 Å². The van der Waals surface area contributed by atoms with E-state index in [-0.39, 0.29) is 6.03 Å². The van der Waals surface area contributed by atoms with Gasteiger partial charge in [-0.2, -0.15) is 0 Å². The summed E-state index contributed by atoms with van der Waals surface area (Å²) in [7, 11) is 0. The largest absolute Gasteiger partial charge is 0.336 e. The summed E-state index contributed by atoms with van der Waals surface area (Å²) in [6.45, 7) is 2.51. The Kier molecular flexibility index (Phi) is 2.91. The van der Waals surface area contributed by atoms with Crippen molar-refractivity contribution in [2.45, 2.75) is 31.7 Å². The van der Waals surface area contributed by atoms with Gasteiger partial charge in [-0.3, -0.25) is 0 Å². The molecule has 80 valence electrons. The van der Waals surface area contributed by atoms with Crippen LogP contribution in [0.5, 0.6) is 0 Å². The molecule has 14 heavy (non-hydrogen) atoms. The van der Waals surface area contributed by atoms with Crippen LogP contribution >= 0.6 is 0 Å². The molecule has 0 aromatic heterocycles. The van der Waals surface area contributed by atoms with Crippen molar-refractivity contribution in [2.24, 2.45) is 11.7 Å². The molecule has 1 saturated heterocycles. The van der Waals surface area contributed by atoms with Crippen LogP contribution in [0.4, 0.5) is 4.79 Å². The second-order valence-corrected chi connectivity index (χ2v) is 4.34. The Bertz CT molecular complexity index is 211. The van der Waals surface area contributed by atoms with Gasteiger partial charge < -0.3 is 16.0 Å². The molecule has 4 nitrogen and oxygen atoms in total. The first kappa shape index (κ1) is 9.77. The lowest BCUT2D eigenvalue weighted by Gasteiger charge is -2.33. The molecule has 4 heteroatoms. The molecule has 1 heterocycles. The minimum absolute atomic E-state index is 0.126. The van der Waals surface area contributed by atoms with E-state index >= 15 is 0 Å². The van der Waals surface area contributed by atoms with Gasteiger partial charge in [0, 0.05) is 19.1 Å². The van der Waals surface area contributed by atoms with E-state index in [1.807, 2.05) is 4.90 Å². The third kappa shape index (κ3) is 1.85. The quantitative estimate of drug-likeness (QED) is 0.678. The monoisotopic (exact) mass is 197 g/mol. The van der Waals surface area contributed by atoms with Crippen molar-refractivity contribution < 1.29 is 4.79 Å². The second-order valence-electron chi connectivity index (χ2n) is 4.34. The van der Waals surface area contributed by atoms with E-state index in [0.717, 1.165) is 32.5 Å². The molecule has 0 unspecified atom stereocenters. The molecule has 0 radical (unpaired) electrons. The van der Waals surface area contributed by atoms with Crippen molar-refractivity contribution in [2.75, 3.05) is 19.6 Å². The van der Waals surface area contributed by atoms with Gasteiger partial charge in [0.2, 0.25) is 0 Å². The third-order valence-corrected chi connectivity index (χ3v) is 3.48. The fraction of sp³-hybridized carbons (Fsp3) is 0.900. The molecule has 0 bridgehead atoms. The molecule has 0 atom stereocenters. The van der Waals surface area contributed by atoms with E-state index in [0.29, 0.717) is 12.0 Å². The highest BCUT2D eigenvalue weighted by Gasteiger charge is 2.30. The Morgan fingerprint density at radius 2 is 2.07 bits per heavy atom. The summed E-state index contributed by atoms with van der Waals surface area (Å²) in [6.07, 6.45) is 4.64. The molecule has 0 spiro atoms. The number of carbonyl (C=O) groups is 1. The van der Waals surface area contributed by atoms with E-state index in [4.69, 9.17) is 5.73 Å². The van der Waals surface area contributed by atoms with E-state index in [1.165, 1.54) is 12.8 Å². The van der Waals surface area contributed by atoms with Crippen LogP contribution in [0.3, 0.4) is 0 Å². The van der Waals surface area contributed by atoms with Crippen molar-refractivity contribution in [1.29, 1.82) is 0 Å². The van der Waals surface area contributed by atoms with Crippen LogP contribution in [0.25, 0.3) is 0 Å². The molecule has 1 aliphatic heterocycles. The van der Waals surface area contributed by atoms with Crippen molar-refractivity contribution >= 4 is 6.03 Å². The van der Waals surface area contributed by atoms with E-state index in [1.54, 1.807) is 0 Å². The van der Waals surface area contributed by atoms with Crippen LogP contribution in [0.15, 0.2) is 0 Å². The number of hydrogen-bond donors (Lipinski definition) is 2. The highest BCUT2D eigenvalue weighted by molar-refractivity contribution is 5.76. The highest BCUT2D eigenvalue weighted by Crippen LogP contribution is 2.27. The maximum Gasteiger partial charge on any atom is 0.317 e. The summed E-state index contributed by atoms with van der Waals surface area (Å²) in [5.74, 6) is 0.692. The van der Waals surface area contributed by atoms with Crippen LogP contribution in [0.1, 0.15) is 25.7 Å². The molecule has 0 aromatic rings. The molecule has 2 amide bonds. The first-order chi connectivity index (χ1) is 6.81. The Morgan fingerprint density at radius 3 is 2.57 bits per heavy atom. The number of carbonyl (C=O) groups excluding carboxylic acids is 1. The lowest BCUT2D eigenvalue weighted by Crippen LogP contribution is -2.40. The average molecular weight is 197 g/mol. The fourth-order valence-corrected chi connectivity index (χ4v) is 2.53. The van der Waals surface area contributed by atoms with Crippen molar-refractivity contribution in [3.8, 4) is 0 Å². The smallest absolute Gasteiger partial charge is 0.317 e. The minimum Gasteiger partial charge on any atom is -0.336 e. The molecule has 2 rings (SSSR count). The number of nitrogens with zero attached hydrogens (tertiary/aromatic N) is 1. The zero-order valence-electron chi connectivity index (χ0n) is 8.54. The third-order valence-electron chi connectivity index (χ3n) is 3.48. The number of hydrogen-bond acceptors (Lipinski definition) is 2. The average Bonchev–Trinajstić information content (AvgIpc) is 2.65. The van der Waals surface area contributed by atoms with E-state index in [9.17, 15) is 4.79 Å². The summed E-state index contributed by atoms with van der Waals surface area (Å²) in [5.41, 5.74) is 5.64. The molecule has 1 aliphatic carbocycles. The predicted octanol–water partition coefficient (Wildman–Crippen LogP) is 0.529. The first-order valence-corrected chi connectivity index (χ1v) is 5.56. The maximum atomic E-state index is 11.4. The van der Waals surface area contributed by atoms with Crippen LogP contribution in [0.2, 0.25) is 0 Å². The number of amides is 2. The Morgan fingerprint density at radius 1 is 1.36 bits per heavy atom. The van der Waals surface area contributed by atoms with Gasteiger partial charge in [0.25, 0.3) is 0 Å². The molecule has 2 aliphatic rings. The fourth-order valence-electron chi connectivity index (χ4n) is 2.53. The first-order valence-electron chi connectivity index (χ1n) is 5.56. The van der Waals surface area contributed by atoms with Gasteiger partial charge in [-0.1, -0.05) is 0 Å². The lowest BCUT2D eigenvalue weighted by molar-refractivity contribution is 0.166. The standard InChI is InChI=1S/C10H19N3O/c11-7-8-1-3-9(4-2-8)13-6-5-12-10(13)14/h8-9H,1-7,11H2,(H,12,14). The summed E-state index contributed by atoms with van der Waals surface area (Å²) < 4.78 is 0. The predicted molar refractivity (Wildman–Crippen MR) is 54.9 cm³/mol. The molecular weight excluding hydrogens is 178 g/mol. The van der Waals surface area contributed by atoms with Crippen molar-refractivity contribution in [1.82, 2.24) is 10.2 Å². The van der Waals surface area contributed by atoms with Crippen LogP contribution in [-0.4, -0.2) is 36.6 Å². The summed E-state index contributed by atoms with van der Waals surface area (Å²) >= 11 is 0. The summed E-state index contributed by atoms with van der Waals surface area (Å²) in [6, 6.07) is 0.599. The van der Waals surface area contributed by atoms with E-state index < -0.39 is 0 Å². The van der Waals surface area contributed by atoms with Gasteiger partial charge in [0.15, 0.2) is 0 Å². The highest BCUT2D eigenvalue weighted by atomic mass is 16.2. The van der Waals surface area contributed by atoms with Gasteiger partial charge in [-0.15, -0.1) is 0 Å². The molecule has 2 fully saturated rings. The number of urea groups is 1. The van der Waals surface area contributed by atoms with Gasteiger partial charge in [-0.05, 0) is 38.1 Å². The molecule has 1 saturated carbocycles. The number of nitrogens with two attached hydrogens (primary N) is 1. The number of nitrogens with one attached hydrogen (secondary N) is 1. The Hall–Kier alpha value is -0.770. The normalized spacial score (nSPS) is 33.2. The minimum atomic E-state index is 0.126. The topological polar surface area (TPSA) is 58.4 Å². The maximum absolute atomic E-state index is 11.4. The molecular formula is C10H19N3O. The van der Waals surface area contributed by atoms with Gasteiger partial charge >= 0.3 is 6.03 Å². The Balaban J connectivity index is 1.85. The Labute approximate surface area is 84.8 Å². The zero-order chi connectivity index (χ0) is 9.97.